The average molecular weight is 346 g/mol. The lowest BCUT2D eigenvalue weighted by Gasteiger charge is -2.45. The van der Waals surface area contributed by atoms with Crippen LogP contribution in [0, 0.1) is 34.0 Å². The van der Waals surface area contributed by atoms with Gasteiger partial charge in [0.1, 0.15) is 6.29 Å². The molecule has 4 saturated carbocycles. The maximum atomic E-state index is 11.9. The molecule has 25 heavy (non-hydrogen) atoms. The summed E-state index contributed by atoms with van der Waals surface area (Å²) in [6.45, 7) is 4.18. The molecule has 0 bridgehead atoms. The molecule has 4 fully saturated rings. The summed E-state index contributed by atoms with van der Waals surface area (Å²) in [6.07, 6.45) is 9.41. The summed E-state index contributed by atoms with van der Waals surface area (Å²) >= 11 is 0. The molecule has 0 aromatic carbocycles. The molecule has 2 spiro atoms. The van der Waals surface area contributed by atoms with Gasteiger partial charge in [-0.2, -0.15) is 0 Å². The first-order valence-electron chi connectivity index (χ1n) is 9.90. The molecular formula is C21H30O4. The highest BCUT2D eigenvalue weighted by Crippen LogP contribution is 2.90. The van der Waals surface area contributed by atoms with Crippen molar-refractivity contribution in [2.45, 2.75) is 64.9 Å². The number of aliphatic hydroxyl groups is 2. The Balaban J connectivity index is 0.000000490. The number of aliphatic hydroxyl groups excluding tert-OH is 2. The molecule has 4 nitrogen and oxygen atoms in total. The van der Waals surface area contributed by atoms with Crippen LogP contribution in [-0.4, -0.2) is 35.0 Å². The van der Waals surface area contributed by atoms with Crippen molar-refractivity contribution < 1.29 is 19.8 Å². The molecule has 0 saturated heterocycles. The largest absolute Gasteiger partial charge is 0.397 e. The molecule has 2 N–H and O–H groups in total. The maximum Gasteiger partial charge on any atom is 0.155 e. The first-order chi connectivity index (χ1) is 11.9. The van der Waals surface area contributed by atoms with E-state index in [0.29, 0.717) is 18.3 Å². The van der Waals surface area contributed by atoms with Crippen molar-refractivity contribution >= 4 is 12.1 Å². The van der Waals surface area contributed by atoms with E-state index in [0.717, 1.165) is 44.8 Å². The van der Waals surface area contributed by atoms with E-state index in [-0.39, 0.29) is 40.7 Å². The highest BCUT2D eigenvalue weighted by molar-refractivity contribution is 5.92. The van der Waals surface area contributed by atoms with Crippen LogP contribution in [0.2, 0.25) is 0 Å². The predicted molar refractivity (Wildman–Crippen MR) is 93.7 cm³/mol. The summed E-state index contributed by atoms with van der Waals surface area (Å²) in [5, 5.41) is 18.5. The van der Waals surface area contributed by atoms with Crippen molar-refractivity contribution in [2.24, 2.45) is 34.0 Å². The summed E-state index contributed by atoms with van der Waals surface area (Å²) in [4.78, 5) is 23.4. The van der Waals surface area contributed by atoms with Crippen LogP contribution in [0.3, 0.4) is 0 Å². The summed E-state index contributed by atoms with van der Waals surface area (Å²) in [6, 6.07) is 0. The van der Waals surface area contributed by atoms with Crippen molar-refractivity contribution in [3.63, 3.8) is 0 Å². The van der Waals surface area contributed by atoms with Crippen LogP contribution in [-0.2, 0) is 9.59 Å². The summed E-state index contributed by atoms with van der Waals surface area (Å²) in [7, 11) is 0. The number of ketones is 1. The Labute approximate surface area is 149 Å². The zero-order chi connectivity index (χ0) is 18.0. The number of aldehydes is 1. The first-order valence-corrected chi connectivity index (χ1v) is 9.90. The summed E-state index contributed by atoms with van der Waals surface area (Å²) in [5.74, 6) is 1.30. The van der Waals surface area contributed by atoms with Crippen LogP contribution in [0.15, 0.2) is 11.6 Å². The molecule has 5 aliphatic carbocycles. The van der Waals surface area contributed by atoms with Crippen molar-refractivity contribution in [2.75, 3.05) is 6.61 Å². The minimum atomic E-state index is -0.293. The smallest absolute Gasteiger partial charge is 0.155 e. The third-order valence-electron chi connectivity index (χ3n) is 8.54. The minimum Gasteiger partial charge on any atom is -0.397 e. The van der Waals surface area contributed by atoms with Crippen LogP contribution in [0.5, 0.6) is 0 Å². The molecule has 7 unspecified atom stereocenters. The second-order valence-electron chi connectivity index (χ2n) is 9.09. The van der Waals surface area contributed by atoms with E-state index in [2.05, 4.69) is 6.92 Å². The van der Waals surface area contributed by atoms with E-state index in [1.54, 1.807) is 6.92 Å². The Morgan fingerprint density at radius 3 is 2.68 bits per heavy atom. The van der Waals surface area contributed by atoms with Gasteiger partial charge in [-0.3, -0.25) is 4.79 Å². The monoisotopic (exact) mass is 346 g/mol. The first kappa shape index (κ1) is 17.4. The number of allylic oxidation sites excluding steroid dienone is 1. The Hall–Kier alpha value is -1.00. The van der Waals surface area contributed by atoms with Crippen LogP contribution < -0.4 is 0 Å². The van der Waals surface area contributed by atoms with Crippen molar-refractivity contribution in [1.29, 1.82) is 0 Å². The van der Waals surface area contributed by atoms with Gasteiger partial charge in [-0.15, -0.1) is 0 Å². The maximum absolute atomic E-state index is 11.9. The lowest BCUT2D eigenvalue weighted by molar-refractivity contribution is -0.117. The van der Waals surface area contributed by atoms with E-state index in [1.165, 1.54) is 5.57 Å². The van der Waals surface area contributed by atoms with Gasteiger partial charge in [0, 0.05) is 30.3 Å². The Morgan fingerprint density at radius 1 is 1.28 bits per heavy atom. The highest BCUT2D eigenvalue weighted by atomic mass is 16.3. The molecule has 0 aliphatic heterocycles. The Kier molecular flexibility index (Phi) is 3.83. The van der Waals surface area contributed by atoms with Crippen molar-refractivity contribution in [1.82, 2.24) is 0 Å². The average Bonchev–Trinajstić information content (AvgIpc) is 2.80. The minimum absolute atomic E-state index is 0.0297. The summed E-state index contributed by atoms with van der Waals surface area (Å²) in [5.41, 5.74) is 1.62. The van der Waals surface area contributed by atoms with Crippen LogP contribution in [0.4, 0.5) is 0 Å². The van der Waals surface area contributed by atoms with Gasteiger partial charge in [-0.25, -0.2) is 0 Å². The van der Waals surface area contributed by atoms with Crippen LogP contribution in [0.1, 0.15) is 58.8 Å². The van der Waals surface area contributed by atoms with Gasteiger partial charge in [-0.1, -0.05) is 12.5 Å². The topological polar surface area (TPSA) is 74.6 Å². The number of fused-ring (bicyclic) bond motifs is 1. The Morgan fingerprint density at radius 2 is 2.00 bits per heavy atom. The molecule has 0 heterocycles. The Bertz CT molecular complexity index is 640. The van der Waals surface area contributed by atoms with E-state index >= 15 is 0 Å². The molecule has 0 aromatic rings. The fraction of sp³-hybridized carbons (Fsp3) is 0.810. The zero-order valence-electron chi connectivity index (χ0n) is 15.3. The SMILES string of the molecule is CC12CC(O)C3C45CCC(=O)C=C4CCC35C1CCC2C=O.CCO. The van der Waals surface area contributed by atoms with Crippen LogP contribution >= 0.6 is 0 Å². The van der Waals surface area contributed by atoms with Gasteiger partial charge in [0.05, 0.1) is 6.10 Å². The van der Waals surface area contributed by atoms with Gasteiger partial charge in [-0.05, 0) is 68.3 Å². The number of carbonyl (C=O) groups is 2. The second kappa shape index (κ2) is 5.50. The molecule has 0 amide bonds. The molecule has 0 aromatic heterocycles. The zero-order valence-corrected chi connectivity index (χ0v) is 15.3. The lowest BCUT2D eigenvalue weighted by atomic mass is 9.59. The fourth-order valence-corrected chi connectivity index (χ4v) is 8.01. The van der Waals surface area contributed by atoms with E-state index in [4.69, 9.17) is 5.11 Å². The van der Waals surface area contributed by atoms with E-state index in [1.807, 2.05) is 6.08 Å². The lowest BCUT2D eigenvalue weighted by Crippen LogP contribution is -2.44. The van der Waals surface area contributed by atoms with Crippen molar-refractivity contribution in [3.8, 4) is 0 Å². The van der Waals surface area contributed by atoms with E-state index < -0.39 is 0 Å². The number of carbonyl (C=O) groups excluding carboxylic acids is 2. The van der Waals surface area contributed by atoms with Gasteiger partial charge in [0.25, 0.3) is 0 Å². The number of hydrogen-bond acceptors (Lipinski definition) is 4. The molecule has 138 valence electrons. The molecule has 0 radical (unpaired) electrons. The quantitative estimate of drug-likeness (QED) is 0.716. The van der Waals surface area contributed by atoms with Gasteiger partial charge in [0.15, 0.2) is 5.78 Å². The van der Waals surface area contributed by atoms with Gasteiger partial charge in [0.2, 0.25) is 0 Å². The standard InChI is InChI=1S/C19H24O3.C2H6O/c1-17-9-14(22)16-18-7-5-13(21)8-11(18)4-6-19(16,18)15(17)3-2-12(17)10-20;1-2-3/h8,10,12,14-16,22H,2-7,9H2,1H3;3H,2H2,1H3. The van der Waals surface area contributed by atoms with Gasteiger partial charge >= 0.3 is 0 Å². The molecule has 4 heteroatoms. The van der Waals surface area contributed by atoms with Gasteiger partial charge < -0.3 is 15.0 Å². The third-order valence-corrected chi connectivity index (χ3v) is 8.54. The van der Waals surface area contributed by atoms with Crippen LogP contribution in [0.25, 0.3) is 0 Å². The molecule has 5 rings (SSSR count). The fourth-order valence-electron chi connectivity index (χ4n) is 8.01. The normalized spacial score (nSPS) is 52.0. The highest BCUT2D eigenvalue weighted by Gasteiger charge is 2.87. The number of rotatable bonds is 1. The summed E-state index contributed by atoms with van der Waals surface area (Å²) < 4.78 is 0. The molecular weight excluding hydrogens is 316 g/mol. The van der Waals surface area contributed by atoms with Crippen molar-refractivity contribution in [3.05, 3.63) is 11.6 Å². The van der Waals surface area contributed by atoms with E-state index in [9.17, 15) is 14.7 Å². The predicted octanol–water partition coefficient (Wildman–Crippen LogP) is 2.67. The molecule has 5 aliphatic rings. The second-order valence-corrected chi connectivity index (χ2v) is 9.09. The number of hydrogen-bond donors (Lipinski definition) is 2. The molecule has 7 atom stereocenters. The third kappa shape index (κ3) is 1.85.